The summed E-state index contributed by atoms with van der Waals surface area (Å²) in [4.78, 5) is 38.3. The number of methoxy groups -OCH3 is 1. The van der Waals surface area contributed by atoms with E-state index in [4.69, 9.17) is 32.7 Å². The zero-order valence-electron chi connectivity index (χ0n) is 21.9. The van der Waals surface area contributed by atoms with Crippen molar-refractivity contribution in [2.24, 2.45) is 5.10 Å². The SMILES string of the molecule is COc1ccc(C(=O)Nc2ccc(C(=O)N/N=C\c3ccccc3OC(=O)c3sc4cc(Cl)ccc4c3Cl)cc2)cc1. The molecule has 0 saturated heterocycles. The van der Waals surface area contributed by atoms with Crippen LogP contribution in [0.25, 0.3) is 10.1 Å². The number of hydrazone groups is 1. The fourth-order valence-electron chi connectivity index (χ4n) is 3.87. The quantitative estimate of drug-likeness (QED) is 0.0813. The van der Waals surface area contributed by atoms with Crippen LogP contribution < -0.4 is 20.2 Å². The van der Waals surface area contributed by atoms with Crippen molar-refractivity contribution < 1.29 is 23.9 Å². The number of carbonyl (C=O) groups is 3. The van der Waals surface area contributed by atoms with Crippen molar-refractivity contribution >= 4 is 74.3 Å². The third-order valence-electron chi connectivity index (χ3n) is 6.03. The molecule has 42 heavy (non-hydrogen) atoms. The van der Waals surface area contributed by atoms with E-state index in [-0.39, 0.29) is 16.5 Å². The predicted molar refractivity (Wildman–Crippen MR) is 166 cm³/mol. The van der Waals surface area contributed by atoms with E-state index in [1.807, 2.05) is 0 Å². The molecule has 1 aromatic heterocycles. The van der Waals surface area contributed by atoms with Gasteiger partial charge in [0, 0.05) is 37.5 Å². The Morgan fingerprint density at radius 1 is 0.857 bits per heavy atom. The van der Waals surface area contributed by atoms with Crippen molar-refractivity contribution in [2.45, 2.75) is 0 Å². The average Bonchev–Trinajstić information content (AvgIpc) is 3.33. The third kappa shape index (κ3) is 6.60. The van der Waals surface area contributed by atoms with Gasteiger partial charge in [0.05, 0.1) is 18.3 Å². The van der Waals surface area contributed by atoms with Gasteiger partial charge in [0.2, 0.25) is 0 Å². The molecular weight excluding hydrogens is 597 g/mol. The topological polar surface area (TPSA) is 106 Å². The largest absolute Gasteiger partial charge is 0.497 e. The lowest BCUT2D eigenvalue weighted by atomic mass is 10.1. The lowest BCUT2D eigenvalue weighted by molar-refractivity contribution is 0.0739. The Morgan fingerprint density at radius 2 is 1.55 bits per heavy atom. The van der Waals surface area contributed by atoms with Crippen LogP contribution in [-0.2, 0) is 0 Å². The van der Waals surface area contributed by atoms with Crippen molar-refractivity contribution in [1.29, 1.82) is 0 Å². The molecule has 0 aliphatic heterocycles. The second-order valence-electron chi connectivity index (χ2n) is 8.77. The van der Waals surface area contributed by atoms with Gasteiger partial charge in [-0.1, -0.05) is 41.4 Å². The first-order valence-electron chi connectivity index (χ1n) is 12.4. The fourth-order valence-corrected chi connectivity index (χ4v) is 5.53. The molecule has 0 aliphatic rings. The molecule has 0 bridgehead atoms. The summed E-state index contributed by atoms with van der Waals surface area (Å²) in [5, 5.41) is 8.33. The maximum Gasteiger partial charge on any atom is 0.355 e. The molecule has 0 aliphatic carbocycles. The molecule has 0 unspecified atom stereocenters. The zero-order chi connectivity index (χ0) is 29.6. The van der Waals surface area contributed by atoms with Crippen LogP contribution in [0, 0.1) is 0 Å². The number of carbonyl (C=O) groups excluding carboxylic acids is 3. The summed E-state index contributed by atoms with van der Waals surface area (Å²) < 4.78 is 11.5. The molecule has 11 heteroatoms. The Hall–Kier alpha value is -4.70. The molecule has 0 saturated carbocycles. The van der Waals surface area contributed by atoms with Gasteiger partial charge in [-0.3, -0.25) is 9.59 Å². The Bertz CT molecular complexity index is 1820. The number of thiophene rings is 1. The summed E-state index contributed by atoms with van der Waals surface area (Å²) in [5.41, 5.74) is 4.23. The number of esters is 1. The molecule has 210 valence electrons. The number of halogens is 2. The molecule has 0 atom stereocenters. The molecule has 2 amide bonds. The van der Waals surface area contributed by atoms with Gasteiger partial charge >= 0.3 is 5.97 Å². The van der Waals surface area contributed by atoms with Crippen LogP contribution in [0.2, 0.25) is 10.0 Å². The minimum Gasteiger partial charge on any atom is -0.497 e. The summed E-state index contributed by atoms with van der Waals surface area (Å²) in [7, 11) is 1.55. The van der Waals surface area contributed by atoms with E-state index in [2.05, 4.69) is 15.8 Å². The van der Waals surface area contributed by atoms with Crippen LogP contribution in [0.4, 0.5) is 5.69 Å². The number of fused-ring (bicyclic) bond motifs is 1. The number of anilines is 1. The smallest absolute Gasteiger partial charge is 0.355 e. The number of benzene rings is 4. The van der Waals surface area contributed by atoms with Gasteiger partial charge in [0.15, 0.2) is 0 Å². The van der Waals surface area contributed by atoms with Gasteiger partial charge in [-0.25, -0.2) is 10.2 Å². The van der Waals surface area contributed by atoms with Crippen LogP contribution in [0.1, 0.15) is 36.0 Å². The first-order chi connectivity index (χ1) is 20.3. The van der Waals surface area contributed by atoms with Crippen molar-refractivity contribution in [3.8, 4) is 11.5 Å². The van der Waals surface area contributed by atoms with Crippen molar-refractivity contribution in [3.63, 3.8) is 0 Å². The Morgan fingerprint density at radius 3 is 2.29 bits per heavy atom. The number of nitrogens with zero attached hydrogens (tertiary/aromatic N) is 1. The molecule has 4 aromatic carbocycles. The monoisotopic (exact) mass is 617 g/mol. The van der Waals surface area contributed by atoms with Crippen LogP contribution in [-0.4, -0.2) is 31.1 Å². The molecule has 5 aromatic rings. The van der Waals surface area contributed by atoms with Gasteiger partial charge in [-0.05, 0) is 72.8 Å². The highest BCUT2D eigenvalue weighted by molar-refractivity contribution is 7.21. The van der Waals surface area contributed by atoms with Gasteiger partial charge in [0.1, 0.15) is 16.4 Å². The number of hydrogen-bond acceptors (Lipinski definition) is 7. The van der Waals surface area contributed by atoms with E-state index in [0.717, 1.165) is 4.70 Å². The Kier molecular flexibility index (Phi) is 8.83. The standard InChI is InChI=1S/C31H21Cl2N3O5S/c1-40-23-13-8-18(9-14-23)29(37)35-22-11-6-19(7-12-22)30(38)36-34-17-20-4-2-3-5-25(20)41-31(39)28-27(33)24-15-10-21(32)16-26(24)42-28/h2-17H,1H3,(H,35,37)(H,36,38)/b34-17-. The second-order valence-corrected chi connectivity index (χ2v) is 10.6. The highest BCUT2D eigenvalue weighted by Gasteiger charge is 2.20. The number of amides is 2. The summed E-state index contributed by atoms with van der Waals surface area (Å²) in [6.07, 6.45) is 1.37. The van der Waals surface area contributed by atoms with E-state index in [0.29, 0.717) is 43.6 Å². The van der Waals surface area contributed by atoms with Gasteiger partial charge < -0.3 is 14.8 Å². The molecule has 0 spiro atoms. The second kappa shape index (κ2) is 12.9. The van der Waals surface area contributed by atoms with Crippen molar-refractivity contribution in [2.75, 3.05) is 12.4 Å². The van der Waals surface area contributed by atoms with E-state index in [9.17, 15) is 14.4 Å². The fraction of sp³-hybridized carbons (Fsp3) is 0.0323. The molecule has 2 N–H and O–H groups in total. The molecule has 0 fully saturated rings. The van der Waals surface area contributed by atoms with Crippen LogP contribution in [0.15, 0.2) is 96.1 Å². The molecular formula is C31H21Cl2N3O5S. The van der Waals surface area contributed by atoms with Gasteiger partial charge in [0.25, 0.3) is 11.8 Å². The Labute approximate surface area is 254 Å². The summed E-state index contributed by atoms with van der Waals surface area (Å²) in [5.74, 6) is -0.495. The molecule has 0 radical (unpaired) electrons. The lowest BCUT2D eigenvalue weighted by Gasteiger charge is -2.07. The van der Waals surface area contributed by atoms with Crippen LogP contribution in [0.5, 0.6) is 11.5 Å². The zero-order valence-corrected chi connectivity index (χ0v) is 24.2. The summed E-state index contributed by atoms with van der Waals surface area (Å²) in [6.45, 7) is 0. The van der Waals surface area contributed by atoms with Crippen molar-refractivity contribution in [1.82, 2.24) is 5.43 Å². The highest BCUT2D eigenvalue weighted by Crippen LogP contribution is 2.37. The number of ether oxygens (including phenoxy) is 2. The summed E-state index contributed by atoms with van der Waals surface area (Å²) >= 11 is 13.7. The van der Waals surface area contributed by atoms with E-state index in [1.165, 1.54) is 17.6 Å². The lowest BCUT2D eigenvalue weighted by Crippen LogP contribution is -2.18. The maximum absolute atomic E-state index is 12.9. The maximum atomic E-state index is 12.9. The molecule has 5 rings (SSSR count). The van der Waals surface area contributed by atoms with Crippen LogP contribution >= 0.6 is 34.5 Å². The van der Waals surface area contributed by atoms with Crippen molar-refractivity contribution in [3.05, 3.63) is 123 Å². The average molecular weight is 618 g/mol. The third-order valence-corrected chi connectivity index (χ3v) is 7.90. The first kappa shape index (κ1) is 28.8. The van der Waals surface area contributed by atoms with Crippen LogP contribution in [0.3, 0.4) is 0 Å². The van der Waals surface area contributed by atoms with E-state index < -0.39 is 11.9 Å². The minimum atomic E-state index is -0.624. The molecule has 1 heterocycles. The number of hydrogen-bond donors (Lipinski definition) is 2. The van der Waals surface area contributed by atoms with Gasteiger partial charge in [-0.2, -0.15) is 5.10 Å². The first-order valence-corrected chi connectivity index (χ1v) is 14.0. The normalized spacial score (nSPS) is 10.9. The number of para-hydroxylation sites is 1. The Balaban J connectivity index is 1.20. The van der Waals surface area contributed by atoms with E-state index in [1.54, 1.807) is 98.1 Å². The minimum absolute atomic E-state index is 0.240. The van der Waals surface area contributed by atoms with E-state index >= 15 is 0 Å². The van der Waals surface area contributed by atoms with Gasteiger partial charge in [-0.15, -0.1) is 11.3 Å². The number of nitrogens with one attached hydrogen (secondary N) is 2. The summed E-state index contributed by atoms with van der Waals surface area (Å²) in [6, 6.07) is 25.0. The number of rotatable bonds is 8. The highest BCUT2D eigenvalue weighted by atomic mass is 35.5. The molecule has 8 nitrogen and oxygen atoms in total. The predicted octanol–water partition coefficient (Wildman–Crippen LogP) is 7.45.